The summed E-state index contributed by atoms with van der Waals surface area (Å²) in [5, 5.41) is 20.7. The Morgan fingerprint density at radius 2 is 1.62 bits per heavy atom. The number of hydrogen-bond acceptors (Lipinski definition) is 5. The molecule has 0 spiro atoms. The van der Waals surface area contributed by atoms with E-state index in [1.165, 1.54) is 24.5 Å². The van der Waals surface area contributed by atoms with Gasteiger partial charge in [0.25, 0.3) is 11.8 Å². The third-order valence-corrected chi connectivity index (χ3v) is 4.43. The lowest BCUT2D eigenvalue weighted by molar-refractivity contribution is -0.133. The Bertz CT molecular complexity index is 1210. The van der Waals surface area contributed by atoms with Crippen molar-refractivity contribution in [1.82, 2.24) is 10.8 Å². The number of hydrogen-bond donors (Lipinski definition) is 4. The smallest absolute Gasteiger partial charge is 0.268 e. The molecular formula is C25H20N2O5. The maximum atomic E-state index is 12.3. The van der Waals surface area contributed by atoms with E-state index in [2.05, 4.69) is 29.0 Å². The average Bonchev–Trinajstić information content (AvgIpc) is 3.29. The van der Waals surface area contributed by atoms with Crippen LogP contribution in [-0.2, 0) is 4.79 Å². The number of rotatable bonds is 5. The van der Waals surface area contributed by atoms with Gasteiger partial charge < -0.3 is 14.8 Å². The van der Waals surface area contributed by atoms with Gasteiger partial charge in [-0.2, -0.15) is 0 Å². The number of hydroxylamine groups is 1. The van der Waals surface area contributed by atoms with Gasteiger partial charge in [0.15, 0.2) is 5.76 Å². The molecule has 0 aliphatic carbocycles. The van der Waals surface area contributed by atoms with Crippen LogP contribution in [0.15, 0.2) is 71.1 Å². The minimum Gasteiger partial charge on any atom is -0.448 e. The van der Waals surface area contributed by atoms with Crippen molar-refractivity contribution in [1.29, 1.82) is 0 Å². The van der Waals surface area contributed by atoms with E-state index in [-0.39, 0.29) is 5.56 Å². The van der Waals surface area contributed by atoms with Crippen LogP contribution >= 0.6 is 0 Å². The average molecular weight is 428 g/mol. The molecule has 7 heteroatoms. The fraction of sp³-hybridized carbons (Fsp3) is 0.120. The minimum atomic E-state index is -1.29. The van der Waals surface area contributed by atoms with E-state index in [9.17, 15) is 14.7 Å². The molecule has 1 aromatic heterocycles. The quantitative estimate of drug-likeness (QED) is 0.283. The monoisotopic (exact) mass is 428 g/mol. The topological polar surface area (TPSA) is 112 Å². The third-order valence-electron chi connectivity index (χ3n) is 4.43. The first-order chi connectivity index (χ1) is 15.5. The molecule has 2 atom stereocenters. The summed E-state index contributed by atoms with van der Waals surface area (Å²) in [6, 6.07) is 18.4. The standard InChI is InChI=1S/C25H20N2O5/c1-17(28)23(25(30)27-31)26-24(29)20-13-11-18(12-14-20)7-5-6-10-21-15-16-22(32-21)19-8-3-2-4-9-19/h2-4,8-9,11-17,23,28,31H,1H3,(H,26,29)(H,27,30). The number of nitrogens with one attached hydrogen (secondary N) is 2. The maximum Gasteiger partial charge on any atom is 0.268 e. The van der Waals surface area contributed by atoms with E-state index in [1.807, 2.05) is 36.4 Å². The fourth-order valence-corrected chi connectivity index (χ4v) is 2.76. The van der Waals surface area contributed by atoms with Gasteiger partial charge in [0.1, 0.15) is 11.8 Å². The van der Waals surface area contributed by atoms with Crippen LogP contribution in [-0.4, -0.2) is 34.3 Å². The van der Waals surface area contributed by atoms with Gasteiger partial charge in [0.2, 0.25) is 0 Å². The molecule has 32 heavy (non-hydrogen) atoms. The van der Waals surface area contributed by atoms with Crippen molar-refractivity contribution in [2.75, 3.05) is 0 Å². The number of aliphatic hydroxyl groups excluding tert-OH is 1. The summed E-state index contributed by atoms with van der Waals surface area (Å²) in [5.41, 5.74) is 3.28. The van der Waals surface area contributed by atoms with Crippen LogP contribution in [0.25, 0.3) is 11.3 Å². The minimum absolute atomic E-state index is 0.266. The van der Waals surface area contributed by atoms with Crippen molar-refractivity contribution < 1.29 is 24.3 Å². The highest BCUT2D eigenvalue weighted by molar-refractivity contribution is 5.97. The van der Waals surface area contributed by atoms with Crippen molar-refractivity contribution in [2.45, 2.75) is 19.1 Å². The van der Waals surface area contributed by atoms with Gasteiger partial charge in [-0.1, -0.05) is 36.3 Å². The molecule has 0 saturated carbocycles. The molecule has 2 aromatic carbocycles. The Kier molecular flexibility index (Phi) is 7.45. The molecule has 3 aromatic rings. The molecule has 0 radical (unpaired) electrons. The molecule has 3 rings (SSSR count). The Morgan fingerprint density at radius 3 is 2.28 bits per heavy atom. The second-order valence-electron chi connectivity index (χ2n) is 6.78. The summed E-state index contributed by atoms with van der Waals surface area (Å²) < 4.78 is 5.69. The summed E-state index contributed by atoms with van der Waals surface area (Å²) in [5.74, 6) is 10.9. The van der Waals surface area contributed by atoms with Gasteiger partial charge in [-0.25, -0.2) is 5.48 Å². The summed E-state index contributed by atoms with van der Waals surface area (Å²) in [6.07, 6.45) is -1.19. The molecule has 0 bridgehead atoms. The Hall–Kier alpha value is -4.30. The number of furan rings is 1. The summed E-state index contributed by atoms with van der Waals surface area (Å²) in [6.45, 7) is 1.32. The van der Waals surface area contributed by atoms with Crippen LogP contribution in [0.4, 0.5) is 0 Å². The Morgan fingerprint density at radius 1 is 0.938 bits per heavy atom. The van der Waals surface area contributed by atoms with Crippen molar-refractivity contribution >= 4 is 11.8 Å². The number of aliphatic hydroxyl groups is 1. The van der Waals surface area contributed by atoms with Crippen LogP contribution in [0.5, 0.6) is 0 Å². The molecule has 2 amide bonds. The summed E-state index contributed by atoms with van der Waals surface area (Å²) in [4.78, 5) is 23.8. The summed E-state index contributed by atoms with van der Waals surface area (Å²) >= 11 is 0. The lowest BCUT2D eigenvalue weighted by atomic mass is 10.1. The van der Waals surface area contributed by atoms with Crippen molar-refractivity contribution in [3.8, 4) is 35.0 Å². The van der Waals surface area contributed by atoms with Crippen LogP contribution in [0, 0.1) is 23.7 Å². The molecule has 0 aliphatic heterocycles. The first-order valence-electron chi connectivity index (χ1n) is 9.68. The lowest BCUT2D eigenvalue weighted by Crippen LogP contribution is -2.51. The predicted molar refractivity (Wildman–Crippen MR) is 117 cm³/mol. The largest absolute Gasteiger partial charge is 0.448 e. The van der Waals surface area contributed by atoms with Crippen LogP contribution in [0.1, 0.15) is 28.6 Å². The molecule has 4 N–H and O–H groups in total. The van der Waals surface area contributed by atoms with E-state index in [4.69, 9.17) is 9.62 Å². The molecule has 0 fully saturated rings. The number of carbonyl (C=O) groups excluding carboxylic acids is 2. The number of benzene rings is 2. The molecule has 7 nitrogen and oxygen atoms in total. The van der Waals surface area contributed by atoms with Crippen molar-refractivity contribution in [3.05, 3.63) is 83.6 Å². The third kappa shape index (κ3) is 5.87. The highest BCUT2D eigenvalue weighted by Crippen LogP contribution is 2.21. The van der Waals surface area contributed by atoms with Gasteiger partial charge in [0.05, 0.1) is 6.10 Å². The first-order valence-corrected chi connectivity index (χ1v) is 9.68. The molecule has 1 heterocycles. The van der Waals surface area contributed by atoms with Crippen LogP contribution < -0.4 is 10.8 Å². The van der Waals surface area contributed by atoms with Gasteiger partial charge in [-0.15, -0.1) is 0 Å². The van der Waals surface area contributed by atoms with Gasteiger partial charge in [0, 0.05) is 16.7 Å². The van der Waals surface area contributed by atoms with Crippen LogP contribution in [0.2, 0.25) is 0 Å². The van der Waals surface area contributed by atoms with Gasteiger partial charge >= 0.3 is 0 Å². The highest BCUT2D eigenvalue weighted by Gasteiger charge is 2.25. The van der Waals surface area contributed by atoms with E-state index in [1.54, 1.807) is 18.2 Å². The Labute approximate surface area is 185 Å². The zero-order valence-corrected chi connectivity index (χ0v) is 17.1. The maximum absolute atomic E-state index is 12.3. The van der Waals surface area contributed by atoms with Crippen molar-refractivity contribution in [2.24, 2.45) is 0 Å². The highest BCUT2D eigenvalue weighted by atomic mass is 16.5. The van der Waals surface area contributed by atoms with E-state index in [0.717, 1.165) is 11.3 Å². The predicted octanol–water partition coefficient (Wildman–Crippen LogP) is 2.33. The molecule has 0 aliphatic rings. The zero-order valence-electron chi connectivity index (χ0n) is 17.1. The van der Waals surface area contributed by atoms with Gasteiger partial charge in [-0.3, -0.25) is 14.8 Å². The molecule has 160 valence electrons. The molecule has 0 saturated heterocycles. The summed E-state index contributed by atoms with van der Waals surface area (Å²) in [7, 11) is 0. The van der Waals surface area contributed by atoms with Gasteiger partial charge in [-0.05, 0) is 61.1 Å². The second kappa shape index (κ2) is 10.6. The van der Waals surface area contributed by atoms with E-state index < -0.39 is 24.0 Å². The SMILES string of the molecule is CC(O)C(NC(=O)c1ccc(C#CC#Cc2ccc(-c3ccccc3)o2)cc1)C(=O)NO. The Balaban J connectivity index is 1.62. The van der Waals surface area contributed by atoms with Crippen LogP contribution in [0.3, 0.4) is 0 Å². The molecular weight excluding hydrogens is 408 g/mol. The number of amides is 2. The molecule has 2 unspecified atom stereocenters. The number of carbonyl (C=O) groups is 2. The van der Waals surface area contributed by atoms with E-state index >= 15 is 0 Å². The lowest BCUT2D eigenvalue weighted by Gasteiger charge is -2.19. The normalized spacial score (nSPS) is 11.7. The van der Waals surface area contributed by atoms with E-state index in [0.29, 0.717) is 11.3 Å². The fourth-order valence-electron chi connectivity index (χ4n) is 2.76. The van der Waals surface area contributed by atoms with Crippen molar-refractivity contribution in [3.63, 3.8) is 0 Å². The second-order valence-corrected chi connectivity index (χ2v) is 6.78. The first kappa shape index (κ1) is 22.4. The zero-order chi connectivity index (χ0) is 22.9.